The van der Waals surface area contributed by atoms with Crippen LogP contribution in [0.5, 0.6) is 5.75 Å². The van der Waals surface area contributed by atoms with Crippen LogP contribution in [-0.4, -0.2) is 48.9 Å². The van der Waals surface area contributed by atoms with Gasteiger partial charge in [0, 0.05) is 18.0 Å². The number of methoxy groups -OCH3 is 1. The molecule has 0 unspecified atom stereocenters. The Morgan fingerprint density at radius 1 is 1.22 bits per heavy atom. The van der Waals surface area contributed by atoms with Gasteiger partial charge in [-0.25, -0.2) is 4.79 Å². The largest absolute Gasteiger partial charge is 0.497 e. The standard InChI is InChI=1S/C21H29NO5/c1-21(2,3)27-20(24)22-15-7-10-19(22)18(12-26-13-23)17(11-15)14-5-8-16(25-4)9-6-14/h5-6,8-9,13,15,17-19H,7,10-12H2,1-4H3/t15-,17+,18-,19+/m1/s1. The first kappa shape index (κ1) is 19.5. The van der Waals surface area contributed by atoms with Crippen molar-refractivity contribution >= 4 is 12.6 Å². The normalized spacial score (nSPS) is 27.2. The molecule has 6 heteroatoms. The molecule has 2 fully saturated rings. The molecular weight excluding hydrogens is 346 g/mol. The van der Waals surface area contributed by atoms with Gasteiger partial charge in [0.1, 0.15) is 11.4 Å². The zero-order chi connectivity index (χ0) is 19.6. The summed E-state index contributed by atoms with van der Waals surface area (Å²) in [5, 5.41) is 0. The van der Waals surface area contributed by atoms with E-state index in [0.717, 1.165) is 25.0 Å². The Hall–Kier alpha value is -2.24. The molecule has 2 saturated heterocycles. The fraction of sp³-hybridized carbons (Fsp3) is 0.619. The van der Waals surface area contributed by atoms with E-state index in [1.54, 1.807) is 7.11 Å². The summed E-state index contributed by atoms with van der Waals surface area (Å²) in [7, 11) is 1.65. The molecule has 6 nitrogen and oxygen atoms in total. The van der Waals surface area contributed by atoms with Crippen LogP contribution in [0.1, 0.15) is 51.5 Å². The van der Waals surface area contributed by atoms with Gasteiger partial charge in [-0.15, -0.1) is 0 Å². The Morgan fingerprint density at radius 2 is 1.93 bits per heavy atom. The molecule has 1 aromatic rings. The maximum Gasteiger partial charge on any atom is 0.410 e. The fourth-order valence-electron chi connectivity index (χ4n) is 4.51. The number of hydrogen-bond donors (Lipinski definition) is 0. The molecule has 0 radical (unpaired) electrons. The van der Waals surface area contributed by atoms with Crippen LogP contribution in [0.15, 0.2) is 24.3 Å². The lowest BCUT2D eigenvalue weighted by atomic mass is 9.76. The minimum Gasteiger partial charge on any atom is -0.497 e. The van der Waals surface area contributed by atoms with Crippen LogP contribution in [0.3, 0.4) is 0 Å². The number of amides is 1. The first-order valence-corrected chi connectivity index (χ1v) is 9.54. The Balaban J connectivity index is 1.85. The summed E-state index contributed by atoms with van der Waals surface area (Å²) in [6.45, 7) is 6.43. The molecule has 2 heterocycles. The molecule has 0 aliphatic carbocycles. The second-order valence-electron chi connectivity index (χ2n) is 8.39. The summed E-state index contributed by atoms with van der Waals surface area (Å²) in [5.74, 6) is 1.09. The Labute approximate surface area is 160 Å². The van der Waals surface area contributed by atoms with E-state index in [2.05, 4.69) is 12.1 Å². The highest BCUT2D eigenvalue weighted by atomic mass is 16.6. The number of rotatable bonds is 5. The van der Waals surface area contributed by atoms with Gasteiger partial charge in [0.05, 0.1) is 13.7 Å². The monoisotopic (exact) mass is 375 g/mol. The smallest absolute Gasteiger partial charge is 0.410 e. The van der Waals surface area contributed by atoms with E-state index in [0.29, 0.717) is 13.1 Å². The molecule has 2 aliphatic heterocycles. The van der Waals surface area contributed by atoms with Gasteiger partial charge < -0.3 is 19.1 Å². The third kappa shape index (κ3) is 4.20. The highest BCUT2D eigenvalue weighted by Gasteiger charge is 2.50. The number of piperidine rings is 1. The predicted molar refractivity (Wildman–Crippen MR) is 101 cm³/mol. The summed E-state index contributed by atoms with van der Waals surface area (Å²) in [6.07, 6.45) is 2.44. The minimum absolute atomic E-state index is 0.0191. The average Bonchev–Trinajstić information content (AvgIpc) is 2.95. The third-order valence-corrected chi connectivity index (χ3v) is 5.59. The van der Waals surface area contributed by atoms with Gasteiger partial charge in [-0.2, -0.15) is 0 Å². The first-order valence-electron chi connectivity index (χ1n) is 9.54. The van der Waals surface area contributed by atoms with Crippen LogP contribution in [-0.2, 0) is 14.3 Å². The van der Waals surface area contributed by atoms with Crippen LogP contribution in [0.2, 0.25) is 0 Å². The van der Waals surface area contributed by atoms with Gasteiger partial charge in [0.15, 0.2) is 0 Å². The van der Waals surface area contributed by atoms with Crippen LogP contribution in [0, 0.1) is 5.92 Å². The zero-order valence-electron chi connectivity index (χ0n) is 16.5. The summed E-state index contributed by atoms with van der Waals surface area (Å²) < 4.78 is 16.1. The molecule has 0 saturated carbocycles. The number of ether oxygens (including phenoxy) is 3. The van der Waals surface area contributed by atoms with E-state index in [1.807, 2.05) is 37.8 Å². The lowest BCUT2D eigenvalue weighted by Crippen LogP contribution is -2.53. The third-order valence-electron chi connectivity index (χ3n) is 5.59. The Bertz CT molecular complexity index is 666. The van der Waals surface area contributed by atoms with Crippen LogP contribution < -0.4 is 4.74 Å². The van der Waals surface area contributed by atoms with Gasteiger partial charge in [-0.3, -0.25) is 4.79 Å². The van der Waals surface area contributed by atoms with Crippen molar-refractivity contribution in [3.63, 3.8) is 0 Å². The zero-order valence-corrected chi connectivity index (χ0v) is 16.5. The lowest BCUT2D eigenvalue weighted by molar-refractivity contribution is -0.131. The van der Waals surface area contributed by atoms with Gasteiger partial charge in [0.2, 0.25) is 0 Å². The molecule has 1 aromatic carbocycles. The van der Waals surface area contributed by atoms with Crippen molar-refractivity contribution in [3.8, 4) is 5.75 Å². The highest BCUT2D eigenvalue weighted by Crippen LogP contribution is 2.47. The van der Waals surface area contributed by atoms with Crippen LogP contribution in [0.25, 0.3) is 0 Å². The number of fused-ring (bicyclic) bond motifs is 2. The molecular formula is C21H29NO5. The van der Waals surface area contributed by atoms with Gasteiger partial charge in [0.25, 0.3) is 6.47 Å². The molecule has 0 N–H and O–H groups in total. The van der Waals surface area contributed by atoms with Crippen molar-refractivity contribution in [1.29, 1.82) is 0 Å². The van der Waals surface area contributed by atoms with Crippen LogP contribution in [0.4, 0.5) is 4.79 Å². The van der Waals surface area contributed by atoms with E-state index in [9.17, 15) is 9.59 Å². The second kappa shape index (κ2) is 7.79. The maximum atomic E-state index is 12.8. The molecule has 4 atom stereocenters. The van der Waals surface area contributed by atoms with Crippen molar-refractivity contribution in [2.45, 2.75) is 63.6 Å². The van der Waals surface area contributed by atoms with Crippen molar-refractivity contribution in [3.05, 3.63) is 29.8 Å². The van der Waals surface area contributed by atoms with Crippen molar-refractivity contribution in [1.82, 2.24) is 4.90 Å². The van der Waals surface area contributed by atoms with E-state index in [1.165, 1.54) is 5.56 Å². The number of carbonyl (C=O) groups is 2. The van der Waals surface area contributed by atoms with E-state index < -0.39 is 5.60 Å². The lowest BCUT2D eigenvalue weighted by Gasteiger charge is -2.44. The summed E-state index contributed by atoms with van der Waals surface area (Å²) in [6, 6.07) is 8.22. The Morgan fingerprint density at radius 3 is 2.52 bits per heavy atom. The summed E-state index contributed by atoms with van der Waals surface area (Å²) in [4.78, 5) is 25.5. The molecule has 3 rings (SSSR count). The molecule has 1 amide bonds. The fourth-order valence-corrected chi connectivity index (χ4v) is 4.51. The van der Waals surface area contributed by atoms with Crippen LogP contribution >= 0.6 is 0 Å². The molecule has 27 heavy (non-hydrogen) atoms. The first-order chi connectivity index (χ1) is 12.8. The molecule has 148 valence electrons. The number of hydrogen-bond acceptors (Lipinski definition) is 5. The maximum absolute atomic E-state index is 12.8. The van der Waals surface area contributed by atoms with Crippen molar-refractivity contribution < 1.29 is 23.8 Å². The van der Waals surface area contributed by atoms with Crippen molar-refractivity contribution in [2.75, 3.05) is 13.7 Å². The number of carbonyl (C=O) groups excluding carboxylic acids is 2. The topological polar surface area (TPSA) is 65.1 Å². The van der Waals surface area contributed by atoms with E-state index >= 15 is 0 Å². The van der Waals surface area contributed by atoms with E-state index in [4.69, 9.17) is 14.2 Å². The summed E-state index contributed by atoms with van der Waals surface area (Å²) >= 11 is 0. The number of nitrogens with zero attached hydrogens (tertiary/aromatic N) is 1. The molecule has 2 bridgehead atoms. The molecule has 2 aliphatic rings. The van der Waals surface area contributed by atoms with Crippen molar-refractivity contribution in [2.24, 2.45) is 5.92 Å². The highest BCUT2D eigenvalue weighted by molar-refractivity contribution is 5.70. The SMILES string of the molecule is COc1ccc([C@@H]2C[C@H]3CC[C@@H]([C@@H]2COC=O)N3C(=O)OC(C)(C)C)cc1. The Kier molecular flexibility index (Phi) is 5.63. The quantitative estimate of drug-likeness (QED) is 0.734. The second-order valence-corrected chi connectivity index (χ2v) is 8.39. The van der Waals surface area contributed by atoms with Gasteiger partial charge >= 0.3 is 6.09 Å². The van der Waals surface area contributed by atoms with E-state index in [-0.39, 0.29) is 30.0 Å². The average molecular weight is 375 g/mol. The van der Waals surface area contributed by atoms with Gasteiger partial charge in [-0.05, 0) is 63.6 Å². The minimum atomic E-state index is -0.530. The molecule has 0 aromatic heterocycles. The molecule has 0 spiro atoms. The predicted octanol–water partition coefficient (Wildman–Crippen LogP) is 3.74. The summed E-state index contributed by atoms with van der Waals surface area (Å²) in [5.41, 5.74) is 0.661. The number of benzene rings is 1. The van der Waals surface area contributed by atoms with Gasteiger partial charge in [-0.1, -0.05) is 12.1 Å².